The van der Waals surface area contributed by atoms with E-state index in [1.165, 1.54) is 21.6 Å². The number of nitrogens with one attached hydrogen (secondary N) is 4. The van der Waals surface area contributed by atoms with Crippen LogP contribution in [0.25, 0.3) is 0 Å². The Labute approximate surface area is 150 Å². The molecule has 0 bridgehead atoms. The van der Waals surface area contributed by atoms with Crippen molar-refractivity contribution in [3.8, 4) is 0 Å². The van der Waals surface area contributed by atoms with Crippen LogP contribution in [0.2, 0.25) is 0 Å². The van der Waals surface area contributed by atoms with Crippen LogP contribution in [0.15, 0.2) is 0 Å². The van der Waals surface area contributed by atoms with E-state index in [0.717, 1.165) is 6.42 Å². The van der Waals surface area contributed by atoms with Crippen molar-refractivity contribution in [3.63, 3.8) is 0 Å². The van der Waals surface area contributed by atoms with Gasteiger partial charge in [-0.1, -0.05) is 42.4 Å². The summed E-state index contributed by atoms with van der Waals surface area (Å²) < 4.78 is 0. The molecule has 0 aromatic carbocycles. The number of amides is 6. The Bertz CT molecular complexity index is 433. The quantitative estimate of drug-likeness (QED) is 0.338. The van der Waals surface area contributed by atoms with Crippen LogP contribution in [0.4, 0.5) is 9.59 Å². The third-order valence-electron chi connectivity index (χ3n) is 2.58. The van der Waals surface area contributed by atoms with E-state index in [1.807, 2.05) is 0 Å². The van der Waals surface area contributed by atoms with Gasteiger partial charge in [0.05, 0.1) is 5.75 Å². The van der Waals surface area contributed by atoms with Crippen molar-refractivity contribution in [3.05, 3.63) is 0 Å². The number of hydrogen-bond donors (Lipinski definition) is 4. The molecule has 0 unspecified atom stereocenters. The summed E-state index contributed by atoms with van der Waals surface area (Å²) in [7, 11) is 2.68. The molecule has 0 rings (SSSR count). The van der Waals surface area contributed by atoms with Crippen molar-refractivity contribution in [2.45, 2.75) is 33.6 Å². The molecule has 4 N–H and O–H groups in total. The first-order valence-corrected chi connectivity index (χ1v) is 10.2. The van der Waals surface area contributed by atoms with Crippen LogP contribution in [-0.4, -0.2) is 48.5 Å². The van der Waals surface area contributed by atoms with Crippen LogP contribution in [0.3, 0.4) is 0 Å². The first-order valence-electron chi connectivity index (χ1n) is 7.74. The van der Waals surface area contributed by atoms with Crippen molar-refractivity contribution >= 4 is 45.5 Å². The van der Waals surface area contributed by atoms with Crippen LogP contribution in [0.5, 0.6) is 0 Å². The first-order chi connectivity index (χ1) is 11.3. The smallest absolute Gasteiger partial charge is 0.321 e. The summed E-state index contributed by atoms with van der Waals surface area (Å²) in [6.45, 7) is 6.67. The highest BCUT2D eigenvalue weighted by Gasteiger charge is 2.08. The molecule has 0 aromatic heterocycles. The van der Waals surface area contributed by atoms with E-state index in [1.54, 1.807) is 6.92 Å². The number of imide groups is 2. The Morgan fingerprint density at radius 1 is 0.875 bits per heavy atom. The fraction of sp³-hybridized carbons (Fsp3) is 0.714. The summed E-state index contributed by atoms with van der Waals surface area (Å²) in [6.07, 6.45) is 1.11. The molecule has 6 amide bonds. The number of hydrogen-bond acceptors (Lipinski definition) is 6. The average molecular weight is 379 g/mol. The van der Waals surface area contributed by atoms with Crippen molar-refractivity contribution < 1.29 is 19.2 Å². The normalized spacial score (nSPS) is 10.2. The molecule has 24 heavy (non-hydrogen) atoms. The molecule has 138 valence electrons. The standard InChI is InChI=1S/C14H26N4O4S2/c1-4-11(19)17-14(22)16-7-8-23-24-9-12(20)18-13(21)15-6-5-10(2)3/h10H,4-9H2,1-3H3,(H2,15,18,20,21)(H2,16,17,19,22). The van der Waals surface area contributed by atoms with Gasteiger partial charge in [0, 0.05) is 25.3 Å². The van der Waals surface area contributed by atoms with E-state index in [4.69, 9.17) is 0 Å². The summed E-state index contributed by atoms with van der Waals surface area (Å²) in [6, 6.07) is -1.01. The Balaban J connectivity index is 3.56. The molecule has 0 aliphatic rings. The minimum absolute atomic E-state index is 0.142. The predicted molar refractivity (Wildman–Crippen MR) is 97.7 cm³/mol. The molecular formula is C14H26N4O4S2. The van der Waals surface area contributed by atoms with E-state index >= 15 is 0 Å². The lowest BCUT2D eigenvalue weighted by Gasteiger charge is -2.08. The lowest BCUT2D eigenvalue weighted by atomic mass is 10.1. The summed E-state index contributed by atoms with van der Waals surface area (Å²) in [4.78, 5) is 45.1. The van der Waals surface area contributed by atoms with Gasteiger partial charge in [0.2, 0.25) is 11.8 Å². The van der Waals surface area contributed by atoms with Gasteiger partial charge >= 0.3 is 12.1 Å². The molecule has 0 aliphatic carbocycles. The van der Waals surface area contributed by atoms with Crippen LogP contribution < -0.4 is 21.3 Å². The van der Waals surface area contributed by atoms with Crippen LogP contribution in [0, 0.1) is 5.92 Å². The van der Waals surface area contributed by atoms with Gasteiger partial charge in [-0.15, -0.1) is 0 Å². The second-order valence-electron chi connectivity index (χ2n) is 5.23. The molecule has 0 heterocycles. The highest BCUT2D eigenvalue weighted by atomic mass is 33.1. The molecule has 10 heteroatoms. The zero-order chi connectivity index (χ0) is 18.4. The van der Waals surface area contributed by atoms with E-state index < -0.39 is 12.1 Å². The first kappa shape index (κ1) is 22.6. The molecule has 0 saturated carbocycles. The molecule has 0 aromatic rings. The molecular weight excluding hydrogens is 352 g/mol. The number of carbonyl (C=O) groups excluding carboxylic acids is 4. The van der Waals surface area contributed by atoms with Crippen molar-refractivity contribution in [2.75, 3.05) is 24.6 Å². The Kier molecular flexibility index (Phi) is 13.1. The molecule has 0 saturated heterocycles. The molecule has 0 radical (unpaired) electrons. The SMILES string of the molecule is CCC(=O)NC(=O)NCCSSCC(=O)NC(=O)NCCC(C)C. The molecule has 0 atom stereocenters. The number of rotatable bonds is 10. The Hall–Kier alpha value is -1.42. The topological polar surface area (TPSA) is 116 Å². The summed E-state index contributed by atoms with van der Waals surface area (Å²) in [5, 5.41) is 9.57. The average Bonchev–Trinajstić information content (AvgIpc) is 2.49. The maximum Gasteiger partial charge on any atom is 0.321 e. The third-order valence-corrected chi connectivity index (χ3v) is 4.85. The van der Waals surface area contributed by atoms with Gasteiger partial charge in [-0.3, -0.25) is 20.2 Å². The molecule has 8 nitrogen and oxygen atoms in total. The van der Waals surface area contributed by atoms with Gasteiger partial charge in [-0.25, -0.2) is 9.59 Å². The van der Waals surface area contributed by atoms with Crippen molar-refractivity contribution in [1.29, 1.82) is 0 Å². The summed E-state index contributed by atoms with van der Waals surface area (Å²) >= 11 is 0. The molecule has 0 spiro atoms. The van der Waals surface area contributed by atoms with Gasteiger partial charge in [-0.05, 0) is 12.3 Å². The van der Waals surface area contributed by atoms with Crippen LogP contribution >= 0.6 is 21.6 Å². The fourth-order valence-electron chi connectivity index (χ4n) is 1.30. The second kappa shape index (κ2) is 14.0. The van der Waals surface area contributed by atoms with Crippen molar-refractivity contribution in [1.82, 2.24) is 21.3 Å². The van der Waals surface area contributed by atoms with Gasteiger partial charge in [0.1, 0.15) is 0 Å². The maximum absolute atomic E-state index is 11.5. The minimum Gasteiger partial charge on any atom is -0.338 e. The van der Waals surface area contributed by atoms with E-state index in [9.17, 15) is 19.2 Å². The van der Waals surface area contributed by atoms with Crippen LogP contribution in [0.1, 0.15) is 33.6 Å². The number of carbonyl (C=O) groups is 4. The number of urea groups is 2. The fourth-order valence-corrected chi connectivity index (χ4v) is 3.04. The second-order valence-corrected chi connectivity index (χ2v) is 7.81. The largest absolute Gasteiger partial charge is 0.338 e. The van der Waals surface area contributed by atoms with Gasteiger partial charge in [0.15, 0.2) is 0 Å². The monoisotopic (exact) mass is 378 g/mol. The minimum atomic E-state index is -0.525. The zero-order valence-corrected chi connectivity index (χ0v) is 15.9. The summed E-state index contributed by atoms with van der Waals surface area (Å²) in [5.41, 5.74) is 0. The van der Waals surface area contributed by atoms with Crippen molar-refractivity contribution in [2.24, 2.45) is 5.92 Å². The highest BCUT2D eigenvalue weighted by molar-refractivity contribution is 8.76. The van der Waals surface area contributed by atoms with E-state index in [2.05, 4.69) is 35.1 Å². The zero-order valence-electron chi connectivity index (χ0n) is 14.3. The van der Waals surface area contributed by atoms with Crippen LogP contribution in [-0.2, 0) is 9.59 Å². The van der Waals surface area contributed by atoms with Gasteiger partial charge < -0.3 is 10.6 Å². The van der Waals surface area contributed by atoms with E-state index in [0.29, 0.717) is 24.8 Å². The molecule has 0 aliphatic heterocycles. The Morgan fingerprint density at radius 3 is 2.04 bits per heavy atom. The van der Waals surface area contributed by atoms with E-state index in [-0.39, 0.29) is 24.0 Å². The van der Waals surface area contributed by atoms with Gasteiger partial charge in [0.25, 0.3) is 0 Å². The van der Waals surface area contributed by atoms with Gasteiger partial charge in [-0.2, -0.15) is 0 Å². The summed E-state index contributed by atoms with van der Waals surface area (Å²) in [5.74, 6) is 0.505. The highest BCUT2D eigenvalue weighted by Crippen LogP contribution is 2.19. The lowest BCUT2D eigenvalue weighted by Crippen LogP contribution is -2.40. The maximum atomic E-state index is 11.5. The Morgan fingerprint density at radius 2 is 1.46 bits per heavy atom. The third kappa shape index (κ3) is 14.2. The lowest BCUT2D eigenvalue weighted by molar-refractivity contribution is -0.120. The molecule has 0 fully saturated rings. The predicted octanol–water partition coefficient (Wildman–Crippen LogP) is 1.48.